The normalized spacial score (nSPS) is 24.3. The van der Waals surface area contributed by atoms with Crippen molar-refractivity contribution in [3.63, 3.8) is 0 Å². The molecule has 1 aliphatic rings. The van der Waals surface area contributed by atoms with Gasteiger partial charge in [-0.05, 0) is 32.6 Å². The van der Waals surface area contributed by atoms with E-state index in [9.17, 15) is 9.90 Å². The molecule has 1 saturated heterocycles. The van der Waals surface area contributed by atoms with Crippen molar-refractivity contribution in [1.29, 1.82) is 0 Å². The van der Waals surface area contributed by atoms with Crippen molar-refractivity contribution in [2.24, 2.45) is 7.05 Å². The van der Waals surface area contributed by atoms with Gasteiger partial charge in [-0.15, -0.1) is 0 Å². The summed E-state index contributed by atoms with van der Waals surface area (Å²) in [5.41, 5.74) is 0.910. The van der Waals surface area contributed by atoms with Gasteiger partial charge in [-0.25, -0.2) is 0 Å². The SMILES string of the molecule is CCc1nn(C)cc1C(=O)N1CCCC(C)(O)CC1. The molecule has 1 amide bonds. The molecule has 1 unspecified atom stereocenters. The topological polar surface area (TPSA) is 58.4 Å². The van der Waals surface area contributed by atoms with Crippen LogP contribution < -0.4 is 0 Å². The number of hydrogen-bond acceptors (Lipinski definition) is 3. The lowest BCUT2D eigenvalue weighted by atomic mass is 9.98. The average molecular weight is 265 g/mol. The second kappa shape index (κ2) is 5.33. The number of amides is 1. The third-order valence-corrected chi connectivity index (χ3v) is 3.82. The number of carbonyl (C=O) groups excluding carboxylic acids is 1. The summed E-state index contributed by atoms with van der Waals surface area (Å²) in [5.74, 6) is 0.0441. The summed E-state index contributed by atoms with van der Waals surface area (Å²) in [6.45, 7) is 5.19. The Morgan fingerprint density at radius 3 is 2.89 bits per heavy atom. The Balaban J connectivity index is 2.15. The summed E-state index contributed by atoms with van der Waals surface area (Å²) < 4.78 is 1.69. The smallest absolute Gasteiger partial charge is 0.257 e. The lowest BCUT2D eigenvalue weighted by Gasteiger charge is -2.22. The van der Waals surface area contributed by atoms with Gasteiger partial charge in [0.25, 0.3) is 5.91 Å². The molecule has 2 heterocycles. The van der Waals surface area contributed by atoms with E-state index in [1.807, 2.05) is 25.8 Å². The van der Waals surface area contributed by atoms with E-state index < -0.39 is 5.60 Å². The number of aryl methyl sites for hydroxylation is 2. The molecule has 0 aromatic carbocycles. The Morgan fingerprint density at radius 2 is 2.21 bits per heavy atom. The first-order valence-electron chi connectivity index (χ1n) is 6.97. The predicted octanol–water partition coefficient (Wildman–Crippen LogP) is 1.36. The van der Waals surface area contributed by atoms with Crippen LogP contribution in [0.5, 0.6) is 0 Å². The minimum absolute atomic E-state index is 0.0441. The molecular weight excluding hydrogens is 242 g/mol. The Morgan fingerprint density at radius 1 is 1.47 bits per heavy atom. The average Bonchev–Trinajstić information content (AvgIpc) is 2.63. The van der Waals surface area contributed by atoms with Crippen molar-refractivity contribution in [3.8, 4) is 0 Å². The van der Waals surface area contributed by atoms with E-state index in [-0.39, 0.29) is 5.91 Å². The molecule has 106 valence electrons. The summed E-state index contributed by atoms with van der Waals surface area (Å²) in [5, 5.41) is 14.4. The van der Waals surface area contributed by atoms with Crippen molar-refractivity contribution < 1.29 is 9.90 Å². The number of aromatic nitrogens is 2. The quantitative estimate of drug-likeness (QED) is 0.878. The molecule has 1 aromatic rings. The summed E-state index contributed by atoms with van der Waals surface area (Å²) in [6.07, 6.45) is 4.79. The van der Waals surface area contributed by atoms with Crippen molar-refractivity contribution in [2.45, 2.75) is 45.1 Å². The van der Waals surface area contributed by atoms with Gasteiger partial charge >= 0.3 is 0 Å². The molecule has 5 nitrogen and oxygen atoms in total. The third kappa shape index (κ3) is 3.15. The van der Waals surface area contributed by atoms with Crippen molar-refractivity contribution >= 4 is 5.91 Å². The van der Waals surface area contributed by atoms with Crippen LogP contribution in [0.1, 0.15) is 49.2 Å². The zero-order valence-corrected chi connectivity index (χ0v) is 12.0. The molecular formula is C14H23N3O2. The number of hydrogen-bond donors (Lipinski definition) is 1. The molecule has 2 rings (SSSR count). The van der Waals surface area contributed by atoms with Crippen LogP contribution in [0.15, 0.2) is 6.20 Å². The van der Waals surface area contributed by atoms with Crippen LogP contribution in [0.25, 0.3) is 0 Å². The standard InChI is InChI=1S/C14H23N3O2/c1-4-12-11(10-16(3)15-12)13(18)17-8-5-6-14(2,19)7-9-17/h10,19H,4-9H2,1-3H3. The van der Waals surface area contributed by atoms with Crippen LogP contribution in [-0.2, 0) is 13.5 Å². The van der Waals surface area contributed by atoms with Gasteiger partial charge in [0.15, 0.2) is 0 Å². The highest BCUT2D eigenvalue weighted by molar-refractivity contribution is 5.95. The van der Waals surface area contributed by atoms with Crippen LogP contribution >= 0.6 is 0 Å². The van der Waals surface area contributed by atoms with E-state index in [2.05, 4.69) is 5.10 Å². The van der Waals surface area contributed by atoms with Gasteiger partial charge in [0, 0.05) is 26.3 Å². The Kier molecular flexibility index (Phi) is 3.94. The van der Waals surface area contributed by atoms with E-state index in [0.29, 0.717) is 25.1 Å². The maximum atomic E-state index is 12.5. The summed E-state index contributed by atoms with van der Waals surface area (Å²) in [6, 6.07) is 0. The second-order valence-corrected chi connectivity index (χ2v) is 5.66. The zero-order valence-electron chi connectivity index (χ0n) is 12.0. The highest BCUT2D eigenvalue weighted by atomic mass is 16.3. The molecule has 5 heteroatoms. The molecule has 0 radical (unpaired) electrons. The van der Waals surface area contributed by atoms with Gasteiger partial charge in [0.05, 0.1) is 16.9 Å². The highest BCUT2D eigenvalue weighted by Crippen LogP contribution is 2.23. The summed E-state index contributed by atoms with van der Waals surface area (Å²) >= 11 is 0. The molecule has 1 aromatic heterocycles. The van der Waals surface area contributed by atoms with Gasteiger partial charge in [0.1, 0.15) is 0 Å². The molecule has 0 spiro atoms. The Bertz CT molecular complexity index is 465. The van der Waals surface area contributed by atoms with E-state index in [1.165, 1.54) is 0 Å². The van der Waals surface area contributed by atoms with E-state index in [1.54, 1.807) is 10.9 Å². The molecule has 1 N–H and O–H groups in total. The molecule has 19 heavy (non-hydrogen) atoms. The van der Waals surface area contributed by atoms with Gasteiger partial charge in [-0.2, -0.15) is 5.10 Å². The predicted molar refractivity (Wildman–Crippen MR) is 73.0 cm³/mol. The third-order valence-electron chi connectivity index (χ3n) is 3.82. The van der Waals surface area contributed by atoms with E-state index >= 15 is 0 Å². The fourth-order valence-electron chi connectivity index (χ4n) is 2.61. The van der Waals surface area contributed by atoms with Crippen molar-refractivity contribution in [1.82, 2.24) is 14.7 Å². The number of aliphatic hydroxyl groups is 1. The van der Waals surface area contributed by atoms with E-state index in [0.717, 1.165) is 25.0 Å². The summed E-state index contributed by atoms with van der Waals surface area (Å²) in [7, 11) is 1.84. The number of likely N-dealkylation sites (tertiary alicyclic amines) is 1. The minimum atomic E-state index is -0.641. The van der Waals surface area contributed by atoms with Crippen LogP contribution in [0, 0.1) is 0 Å². The van der Waals surface area contributed by atoms with Crippen molar-refractivity contribution in [2.75, 3.05) is 13.1 Å². The molecule has 0 aliphatic carbocycles. The maximum absolute atomic E-state index is 12.5. The van der Waals surface area contributed by atoms with Gasteiger partial charge in [-0.1, -0.05) is 6.92 Å². The van der Waals surface area contributed by atoms with Gasteiger partial charge in [-0.3, -0.25) is 9.48 Å². The number of carbonyl (C=O) groups is 1. The van der Waals surface area contributed by atoms with Gasteiger partial charge in [0.2, 0.25) is 0 Å². The lowest BCUT2D eigenvalue weighted by Crippen LogP contribution is -2.33. The second-order valence-electron chi connectivity index (χ2n) is 5.66. The molecule has 1 aliphatic heterocycles. The highest BCUT2D eigenvalue weighted by Gasteiger charge is 2.28. The first kappa shape index (κ1) is 14.1. The Hall–Kier alpha value is -1.36. The first-order chi connectivity index (χ1) is 8.93. The molecule has 1 fully saturated rings. The molecule has 0 bridgehead atoms. The lowest BCUT2D eigenvalue weighted by molar-refractivity contribution is 0.0438. The van der Waals surface area contributed by atoms with Crippen LogP contribution in [0.4, 0.5) is 0 Å². The fourth-order valence-corrected chi connectivity index (χ4v) is 2.61. The number of rotatable bonds is 2. The maximum Gasteiger partial charge on any atom is 0.257 e. The van der Waals surface area contributed by atoms with E-state index in [4.69, 9.17) is 0 Å². The summed E-state index contributed by atoms with van der Waals surface area (Å²) in [4.78, 5) is 14.4. The monoisotopic (exact) mass is 265 g/mol. The molecule has 0 saturated carbocycles. The van der Waals surface area contributed by atoms with Crippen LogP contribution in [0.2, 0.25) is 0 Å². The minimum Gasteiger partial charge on any atom is -0.390 e. The first-order valence-corrected chi connectivity index (χ1v) is 6.97. The van der Waals surface area contributed by atoms with Gasteiger partial charge < -0.3 is 10.0 Å². The fraction of sp³-hybridized carbons (Fsp3) is 0.714. The molecule has 1 atom stereocenters. The van der Waals surface area contributed by atoms with Crippen molar-refractivity contribution in [3.05, 3.63) is 17.5 Å². The van der Waals surface area contributed by atoms with Crippen LogP contribution in [0.3, 0.4) is 0 Å². The van der Waals surface area contributed by atoms with Crippen LogP contribution in [-0.4, -0.2) is 44.4 Å². The zero-order chi connectivity index (χ0) is 14.0. The Labute approximate surface area is 114 Å². The number of nitrogens with zero attached hydrogens (tertiary/aromatic N) is 3. The largest absolute Gasteiger partial charge is 0.390 e.